The van der Waals surface area contributed by atoms with E-state index in [4.69, 9.17) is 11.6 Å². The quantitative estimate of drug-likeness (QED) is 0.303. The van der Waals surface area contributed by atoms with E-state index < -0.39 is 0 Å². The number of rotatable bonds is 9. The first kappa shape index (κ1) is 22.6. The van der Waals surface area contributed by atoms with E-state index in [-0.39, 0.29) is 11.7 Å². The number of carbonyl (C=O) groups is 1. The number of hydrogen-bond acceptors (Lipinski definition) is 5. The molecule has 4 rings (SSSR count). The van der Waals surface area contributed by atoms with Crippen LogP contribution in [0.3, 0.4) is 0 Å². The number of thiophene rings is 1. The van der Waals surface area contributed by atoms with Gasteiger partial charge in [0.15, 0.2) is 5.16 Å². The molecule has 32 heavy (non-hydrogen) atoms. The summed E-state index contributed by atoms with van der Waals surface area (Å²) in [5, 5.41) is 15.2. The zero-order chi connectivity index (χ0) is 22.3. The summed E-state index contributed by atoms with van der Waals surface area (Å²) in [5.74, 6) is 1.06. The third-order valence-electron chi connectivity index (χ3n) is 5.05. The van der Waals surface area contributed by atoms with Gasteiger partial charge in [0.1, 0.15) is 5.82 Å². The molecule has 2 aromatic carbocycles. The first-order valence-electron chi connectivity index (χ1n) is 10.3. The van der Waals surface area contributed by atoms with E-state index in [1.54, 1.807) is 11.3 Å². The number of benzene rings is 2. The average Bonchev–Trinajstić information content (AvgIpc) is 3.45. The minimum absolute atomic E-state index is 0.0993. The second-order valence-corrected chi connectivity index (χ2v) is 9.67. The lowest BCUT2D eigenvalue weighted by Crippen LogP contribution is -2.16. The average molecular weight is 483 g/mol. The van der Waals surface area contributed by atoms with Gasteiger partial charge in [0, 0.05) is 28.6 Å². The number of aromatic nitrogens is 3. The Morgan fingerprint density at radius 1 is 1.09 bits per heavy atom. The maximum Gasteiger partial charge on any atom is 0.234 e. The molecule has 0 spiro atoms. The van der Waals surface area contributed by atoms with Crippen LogP contribution in [0.25, 0.3) is 0 Å². The molecule has 0 radical (unpaired) electrons. The number of aryl methyl sites for hydroxylation is 1. The predicted octanol–water partition coefficient (Wildman–Crippen LogP) is 5.87. The highest BCUT2D eigenvalue weighted by molar-refractivity contribution is 7.99. The predicted molar refractivity (Wildman–Crippen MR) is 133 cm³/mol. The minimum Gasteiger partial charge on any atom is -0.325 e. The van der Waals surface area contributed by atoms with Crippen molar-refractivity contribution in [1.82, 2.24) is 14.8 Å². The fraction of sp³-hybridized carbons (Fsp3) is 0.208. The highest BCUT2D eigenvalue weighted by Crippen LogP contribution is 2.24. The molecule has 5 nitrogen and oxygen atoms in total. The minimum atomic E-state index is -0.0993. The Balaban J connectivity index is 1.46. The molecule has 2 aromatic heterocycles. The van der Waals surface area contributed by atoms with Crippen molar-refractivity contribution in [2.45, 2.75) is 31.5 Å². The highest BCUT2D eigenvalue weighted by atomic mass is 35.5. The van der Waals surface area contributed by atoms with Crippen molar-refractivity contribution in [3.63, 3.8) is 0 Å². The Hall–Kier alpha value is -2.61. The number of carbonyl (C=O) groups excluding carboxylic acids is 1. The van der Waals surface area contributed by atoms with Crippen molar-refractivity contribution >= 4 is 46.3 Å². The van der Waals surface area contributed by atoms with E-state index in [0.717, 1.165) is 41.6 Å². The fourth-order valence-electron chi connectivity index (χ4n) is 3.29. The molecule has 0 atom stereocenters. The monoisotopic (exact) mass is 482 g/mol. The summed E-state index contributed by atoms with van der Waals surface area (Å²) in [6.07, 6.45) is 1.60. The van der Waals surface area contributed by atoms with Gasteiger partial charge >= 0.3 is 0 Å². The van der Waals surface area contributed by atoms with Gasteiger partial charge in [-0.05, 0) is 48.1 Å². The fourth-order valence-corrected chi connectivity index (χ4v) is 4.95. The maximum atomic E-state index is 12.6. The Kier molecular flexibility index (Phi) is 7.63. The summed E-state index contributed by atoms with van der Waals surface area (Å²) < 4.78 is 2.13. The smallest absolute Gasteiger partial charge is 0.234 e. The van der Waals surface area contributed by atoms with E-state index in [1.807, 2.05) is 49.4 Å². The lowest BCUT2D eigenvalue weighted by molar-refractivity contribution is -0.113. The van der Waals surface area contributed by atoms with Crippen molar-refractivity contribution in [3.8, 4) is 0 Å². The number of thioether (sulfide) groups is 1. The normalized spacial score (nSPS) is 10.9. The van der Waals surface area contributed by atoms with Gasteiger partial charge in [0.05, 0.1) is 5.75 Å². The van der Waals surface area contributed by atoms with Gasteiger partial charge in [0.25, 0.3) is 0 Å². The molecule has 0 unspecified atom stereocenters. The SMILES string of the molecule is Cc1c(Cl)cccc1NC(=O)CSc1nnc(Cc2cccs2)n1CCc1ccccc1. The number of anilines is 1. The topological polar surface area (TPSA) is 59.8 Å². The molecule has 4 aromatic rings. The van der Waals surface area contributed by atoms with Crippen LogP contribution in [0.4, 0.5) is 5.69 Å². The second-order valence-electron chi connectivity index (χ2n) is 7.29. The molecule has 0 bridgehead atoms. The van der Waals surface area contributed by atoms with Crippen LogP contribution in [0.5, 0.6) is 0 Å². The van der Waals surface area contributed by atoms with Gasteiger partial charge in [-0.2, -0.15) is 0 Å². The zero-order valence-electron chi connectivity index (χ0n) is 17.6. The first-order chi connectivity index (χ1) is 15.6. The molecular weight excluding hydrogens is 460 g/mol. The molecule has 1 amide bonds. The number of nitrogens with zero attached hydrogens (tertiary/aromatic N) is 3. The van der Waals surface area contributed by atoms with Crippen LogP contribution in [0, 0.1) is 6.92 Å². The van der Waals surface area contributed by atoms with Gasteiger partial charge in [-0.15, -0.1) is 21.5 Å². The van der Waals surface area contributed by atoms with Crippen molar-refractivity contribution in [2.24, 2.45) is 0 Å². The third kappa shape index (κ3) is 5.79. The van der Waals surface area contributed by atoms with Crippen LogP contribution in [-0.4, -0.2) is 26.4 Å². The van der Waals surface area contributed by atoms with Crippen molar-refractivity contribution in [3.05, 3.63) is 92.9 Å². The molecule has 8 heteroatoms. The van der Waals surface area contributed by atoms with Crippen LogP contribution in [-0.2, 0) is 24.2 Å². The van der Waals surface area contributed by atoms with Gasteiger partial charge in [-0.3, -0.25) is 4.79 Å². The summed E-state index contributed by atoms with van der Waals surface area (Å²) in [4.78, 5) is 13.8. The molecule has 0 fully saturated rings. The maximum absolute atomic E-state index is 12.6. The number of nitrogens with one attached hydrogen (secondary N) is 1. The summed E-state index contributed by atoms with van der Waals surface area (Å²) in [7, 11) is 0. The lowest BCUT2D eigenvalue weighted by atomic mass is 10.1. The van der Waals surface area contributed by atoms with Gasteiger partial charge in [-0.25, -0.2) is 0 Å². The first-order valence-corrected chi connectivity index (χ1v) is 12.5. The molecule has 0 saturated heterocycles. The van der Waals surface area contributed by atoms with Gasteiger partial charge in [-0.1, -0.05) is 65.8 Å². The number of hydrogen-bond donors (Lipinski definition) is 1. The van der Waals surface area contributed by atoms with Crippen molar-refractivity contribution in [2.75, 3.05) is 11.1 Å². The standard InChI is InChI=1S/C24H23ClN4OS2/c1-17-20(25)10-5-11-21(17)26-23(30)16-32-24-28-27-22(15-19-9-6-14-31-19)29(24)13-12-18-7-3-2-4-8-18/h2-11,14H,12-13,15-16H2,1H3,(H,26,30). The summed E-state index contributed by atoms with van der Waals surface area (Å²) in [6, 6.07) is 20.0. The molecule has 0 aliphatic rings. The molecule has 2 heterocycles. The van der Waals surface area contributed by atoms with Gasteiger partial charge in [0.2, 0.25) is 5.91 Å². The summed E-state index contributed by atoms with van der Waals surface area (Å²) in [6.45, 7) is 2.65. The Morgan fingerprint density at radius 3 is 2.72 bits per heavy atom. The van der Waals surface area contributed by atoms with Crippen LogP contribution < -0.4 is 5.32 Å². The van der Waals surface area contributed by atoms with Gasteiger partial charge < -0.3 is 9.88 Å². The zero-order valence-corrected chi connectivity index (χ0v) is 20.0. The third-order valence-corrected chi connectivity index (χ3v) is 7.30. The van der Waals surface area contributed by atoms with E-state index in [0.29, 0.717) is 5.02 Å². The van der Waals surface area contributed by atoms with Crippen LogP contribution in [0.2, 0.25) is 5.02 Å². The largest absolute Gasteiger partial charge is 0.325 e. The molecule has 0 aliphatic carbocycles. The lowest BCUT2D eigenvalue weighted by Gasteiger charge is -2.11. The Bertz CT molecular complexity index is 1180. The van der Waals surface area contributed by atoms with Crippen LogP contribution in [0.15, 0.2) is 71.2 Å². The second kappa shape index (κ2) is 10.8. The number of halogens is 1. The van der Waals surface area contributed by atoms with E-state index in [1.165, 1.54) is 22.2 Å². The highest BCUT2D eigenvalue weighted by Gasteiger charge is 2.16. The number of amides is 1. The van der Waals surface area contributed by atoms with E-state index >= 15 is 0 Å². The molecule has 164 valence electrons. The molecular formula is C24H23ClN4OS2. The Morgan fingerprint density at radius 2 is 1.94 bits per heavy atom. The van der Waals surface area contributed by atoms with E-state index in [9.17, 15) is 4.79 Å². The van der Waals surface area contributed by atoms with Crippen molar-refractivity contribution in [1.29, 1.82) is 0 Å². The van der Waals surface area contributed by atoms with Crippen LogP contribution in [0.1, 0.15) is 21.8 Å². The summed E-state index contributed by atoms with van der Waals surface area (Å²) >= 11 is 9.27. The molecule has 0 saturated carbocycles. The van der Waals surface area contributed by atoms with Crippen LogP contribution >= 0.6 is 34.7 Å². The van der Waals surface area contributed by atoms with Crippen molar-refractivity contribution < 1.29 is 4.79 Å². The van der Waals surface area contributed by atoms with E-state index in [2.05, 4.69) is 43.7 Å². The molecule has 1 N–H and O–H groups in total. The molecule has 0 aliphatic heterocycles. The summed E-state index contributed by atoms with van der Waals surface area (Å²) in [5.41, 5.74) is 2.84. The Labute approximate surface area is 200 Å².